The number of rotatable bonds is 4. The second-order valence-electron chi connectivity index (χ2n) is 5.77. The summed E-state index contributed by atoms with van der Waals surface area (Å²) in [4.78, 5) is 15.5. The lowest BCUT2D eigenvalue weighted by atomic mass is 10.0. The van der Waals surface area contributed by atoms with Gasteiger partial charge in [0.1, 0.15) is 4.88 Å². The molecule has 2 aromatic carbocycles. The summed E-state index contributed by atoms with van der Waals surface area (Å²) >= 11 is 0.696. The molecule has 144 valence electrons. The van der Waals surface area contributed by atoms with E-state index in [-0.39, 0.29) is 5.01 Å². The summed E-state index contributed by atoms with van der Waals surface area (Å²) in [5.74, 6) is -0.866. The minimum Gasteiger partial charge on any atom is -0.411 e. The third kappa shape index (κ3) is 4.20. The quantitative estimate of drug-likeness (QED) is 0.356. The first-order valence-electron chi connectivity index (χ1n) is 8.02. The van der Waals surface area contributed by atoms with E-state index in [2.05, 4.69) is 15.5 Å². The monoisotopic (exact) mass is 405 g/mol. The number of aryl methyl sites for hydroxylation is 1. The topological polar surface area (TPSA) is 74.6 Å². The molecule has 0 fully saturated rings. The van der Waals surface area contributed by atoms with Crippen LogP contribution in [0.4, 0.5) is 18.9 Å². The molecule has 0 aliphatic carbocycles. The molecule has 0 atom stereocenters. The number of halogens is 3. The predicted molar refractivity (Wildman–Crippen MR) is 101 cm³/mol. The fraction of sp³-hybridized carbons (Fsp3) is 0.105. The van der Waals surface area contributed by atoms with Gasteiger partial charge in [-0.1, -0.05) is 47.6 Å². The highest BCUT2D eigenvalue weighted by molar-refractivity contribution is 7.13. The van der Waals surface area contributed by atoms with Crippen LogP contribution >= 0.6 is 11.3 Å². The summed E-state index contributed by atoms with van der Waals surface area (Å²) < 4.78 is 39.4. The molecule has 28 heavy (non-hydrogen) atoms. The molecular weight excluding hydrogens is 391 g/mol. The molecule has 1 aromatic heterocycles. The highest BCUT2D eigenvalue weighted by atomic mass is 32.1. The van der Waals surface area contributed by atoms with E-state index in [0.29, 0.717) is 28.2 Å². The van der Waals surface area contributed by atoms with Crippen LogP contribution in [-0.2, 0) is 6.18 Å². The lowest BCUT2D eigenvalue weighted by molar-refractivity contribution is -0.141. The number of anilines is 1. The Kier molecular flexibility index (Phi) is 5.46. The van der Waals surface area contributed by atoms with Crippen LogP contribution in [0.25, 0.3) is 11.1 Å². The Morgan fingerprint density at radius 2 is 1.86 bits per heavy atom. The third-order valence-electron chi connectivity index (χ3n) is 3.81. The second kappa shape index (κ2) is 7.81. The van der Waals surface area contributed by atoms with Crippen LogP contribution in [0.5, 0.6) is 0 Å². The number of alkyl halides is 3. The van der Waals surface area contributed by atoms with E-state index in [9.17, 15) is 18.0 Å². The Morgan fingerprint density at radius 3 is 2.50 bits per heavy atom. The van der Waals surface area contributed by atoms with Crippen molar-refractivity contribution in [2.24, 2.45) is 5.16 Å². The summed E-state index contributed by atoms with van der Waals surface area (Å²) in [6.07, 6.45) is -3.44. The van der Waals surface area contributed by atoms with Crippen molar-refractivity contribution in [1.82, 2.24) is 4.98 Å². The van der Waals surface area contributed by atoms with Crippen LogP contribution in [0.3, 0.4) is 0 Å². The van der Waals surface area contributed by atoms with Gasteiger partial charge in [-0.05, 0) is 24.1 Å². The van der Waals surface area contributed by atoms with Crippen molar-refractivity contribution in [3.63, 3.8) is 0 Å². The SMILES string of the molecule is Cc1nc(C(F)(F)F)c(C(=O)Nc2ccccc2-c2ccc(/C=N\O)cc2)s1. The van der Waals surface area contributed by atoms with E-state index in [0.717, 1.165) is 5.56 Å². The zero-order valence-electron chi connectivity index (χ0n) is 14.5. The smallest absolute Gasteiger partial charge is 0.411 e. The molecule has 3 rings (SSSR count). The third-order valence-corrected chi connectivity index (χ3v) is 4.78. The Morgan fingerprint density at radius 1 is 1.18 bits per heavy atom. The van der Waals surface area contributed by atoms with Gasteiger partial charge >= 0.3 is 6.18 Å². The fourth-order valence-corrected chi connectivity index (χ4v) is 3.45. The standard InChI is InChI=1S/C19H14F3N3O2S/c1-11-24-17(19(20,21)22)16(28-11)18(26)25-15-5-3-2-4-14(15)13-8-6-12(7-9-13)10-23-27/h2-10,27H,1H3,(H,25,26)/b23-10-. The summed E-state index contributed by atoms with van der Waals surface area (Å²) in [6.45, 7) is 1.42. The second-order valence-corrected chi connectivity index (χ2v) is 6.98. The average Bonchev–Trinajstić information content (AvgIpc) is 3.06. The largest absolute Gasteiger partial charge is 0.435 e. The Bertz CT molecular complexity index is 1030. The molecule has 1 amide bonds. The fourth-order valence-electron chi connectivity index (χ4n) is 2.61. The van der Waals surface area contributed by atoms with Gasteiger partial charge in [0, 0.05) is 11.3 Å². The van der Waals surface area contributed by atoms with Crippen molar-refractivity contribution >= 4 is 29.1 Å². The van der Waals surface area contributed by atoms with Crippen LogP contribution in [-0.4, -0.2) is 22.3 Å². The van der Waals surface area contributed by atoms with Crippen LogP contribution in [0.1, 0.15) is 25.9 Å². The van der Waals surface area contributed by atoms with Gasteiger partial charge in [0.25, 0.3) is 5.91 Å². The van der Waals surface area contributed by atoms with Crippen LogP contribution < -0.4 is 5.32 Å². The maximum atomic E-state index is 13.1. The van der Waals surface area contributed by atoms with E-state index in [1.807, 2.05) is 0 Å². The number of carbonyl (C=O) groups is 1. The number of aromatic nitrogens is 1. The Hall–Kier alpha value is -3.20. The highest BCUT2D eigenvalue weighted by Crippen LogP contribution is 2.35. The van der Waals surface area contributed by atoms with Gasteiger partial charge in [-0.3, -0.25) is 4.79 Å². The van der Waals surface area contributed by atoms with Gasteiger partial charge in [-0.15, -0.1) is 11.3 Å². The molecule has 0 radical (unpaired) electrons. The molecule has 1 heterocycles. The van der Waals surface area contributed by atoms with Gasteiger partial charge in [-0.2, -0.15) is 13.2 Å². The van der Waals surface area contributed by atoms with Gasteiger partial charge in [0.2, 0.25) is 0 Å². The number of nitrogens with zero attached hydrogens (tertiary/aromatic N) is 2. The van der Waals surface area contributed by atoms with Crippen molar-refractivity contribution in [3.05, 3.63) is 69.7 Å². The molecule has 0 aliphatic rings. The van der Waals surface area contributed by atoms with Crippen molar-refractivity contribution < 1.29 is 23.2 Å². The molecule has 5 nitrogen and oxygen atoms in total. The summed E-state index contributed by atoms with van der Waals surface area (Å²) in [7, 11) is 0. The van der Waals surface area contributed by atoms with E-state index in [4.69, 9.17) is 5.21 Å². The van der Waals surface area contributed by atoms with Crippen molar-refractivity contribution in [2.75, 3.05) is 5.32 Å². The number of benzene rings is 2. The number of hydrogen-bond acceptors (Lipinski definition) is 5. The first kappa shape index (κ1) is 19.6. The number of carbonyl (C=O) groups excluding carboxylic acids is 1. The van der Waals surface area contributed by atoms with E-state index in [1.54, 1.807) is 48.5 Å². The van der Waals surface area contributed by atoms with Crippen LogP contribution in [0.2, 0.25) is 0 Å². The number of nitrogens with one attached hydrogen (secondary N) is 1. The first-order valence-corrected chi connectivity index (χ1v) is 8.84. The summed E-state index contributed by atoms with van der Waals surface area (Å²) in [5.41, 5.74) is 1.23. The molecule has 0 spiro atoms. The van der Waals surface area contributed by atoms with Crippen molar-refractivity contribution in [3.8, 4) is 11.1 Å². The molecule has 3 aromatic rings. The molecular formula is C19H14F3N3O2S. The number of hydrogen-bond donors (Lipinski definition) is 2. The Labute approximate surface area is 162 Å². The van der Waals surface area contributed by atoms with E-state index in [1.165, 1.54) is 13.1 Å². The van der Waals surface area contributed by atoms with Crippen molar-refractivity contribution in [2.45, 2.75) is 13.1 Å². The minimum atomic E-state index is -4.71. The number of para-hydroxylation sites is 1. The summed E-state index contributed by atoms with van der Waals surface area (Å²) in [5, 5.41) is 14.2. The first-order chi connectivity index (χ1) is 13.3. The van der Waals surface area contributed by atoms with Crippen molar-refractivity contribution in [1.29, 1.82) is 0 Å². The van der Waals surface area contributed by atoms with Gasteiger partial charge in [0.15, 0.2) is 5.69 Å². The van der Waals surface area contributed by atoms with Crippen LogP contribution in [0.15, 0.2) is 53.7 Å². The van der Waals surface area contributed by atoms with Crippen LogP contribution in [0, 0.1) is 6.92 Å². The molecule has 0 saturated heterocycles. The molecule has 0 aliphatic heterocycles. The molecule has 2 N–H and O–H groups in total. The normalized spacial score (nSPS) is 11.7. The highest BCUT2D eigenvalue weighted by Gasteiger charge is 2.39. The molecule has 0 saturated carbocycles. The van der Waals surface area contributed by atoms with Gasteiger partial charge in [-0.25, -0.2) is 4.98 Å². The molecule has 0 bridgehead atoms. The zero-order chi connectivity index (χ0) is 20.3. The maximum Gasteiger partial charge on any atom is 0.435 e. The molecule has 0 unspecified atom stereocenters. The number of oxime groups is 1. The van der Waals surface area contributed by atoms with E-state index >= 15 is 0 Å². The maximum absolute atomic E-state index is 13.1. The minimum absolute atomic E-state index is 0.159. The lowest BCUT2D eigenvalue weighted by Gasteiger charge is -2.12. The number of amides is 1. The predicted octanol–water partition coefficient (Wildman–Crippen LogP) is 5.20. The molecule has 9 heteroatoms. The number of thiazole rings is 1. The lowest BCUT2D eigenvalue weighted by Crippen LogP contribution is -2.17. The zero-order valence-corrected chi connectivity index (χ0v) is 15.3. The van der Waals surface area contributed by atoms with Gasteiger partial charge < -0.3 is 10.5 Å². The Balaban J connectivity index is 1.93. The van der Waals surface area contributed by atoms with E-state index < -0.39 is 22.7 Å². The summed E-state index contributed by atoms with van der Waals surface area (Å²) in [6, 6.07) is 13.7. The van der Waals surface area contributed by atoms with Gasteiger partial charge in [0.05, 0.1) is 11.2 Å². The average molecular weight is 405 g/mol.